The predicted molar refractivity (Wildman–Crippen MR) is 60.8 cm³/mol. The lowest BCUT2D eigenvalue weighted by molar-refractivity contribution is -0.113. The summed E-state index contributed by atoms with van der Waals surface area (Å²) in [7, 11) is 0. The molecule has 0 radical (unpaired) electrons. The summed E-state index contributed by atoms with van der Waals surface area (Å²) in [6, 6.07) is 5.26. The highest BCUT2D eigenvalue weighted by Crippen LogP contribution is 2.23. The highest BCUT2D eigenvalue weighted by Gasteiger charge is 1.99. The third-order valence-corrected chi connectivity index (χ3v) is 2.62. The molecule has 0 aliphatic heterocycles. The van der Waals surface area contributed by atoms with E-state index in [1.807, 2.05) is 6.07 Å². The summed E-state index contributed by atoms with van der Waals surface area (Å²) in [4.78, 5) is 11.0. The van der Waals surface area contributed by atoms with Crippen LogP contribution in [0, 0.1) is 0 Å². The minimum atomic E-state index is 0.0519. The highest BCUT2D eigenvalue weighted by atomic mass is 35.5. The van der Waals surface area contributed by atoms with E-state index < -0.39 is 0 Å². The number of Topliss-reactive ketones (excluding diaryl/α,β-unsaturated/α-hetero) is 1. The summed E-state index contributed by atoms with van der Waals surface area (Å²) in [6.45, 7) is 3.30. The van der Waals surface area contributed by atoms with Gasteiger partial charge in [0, 0.05) is 0 Å². The maximum absolute atomic E-state index is 11.0. The Morgan fingerprint density at radius 3 is 2.36 bits per heavy atom. The van der Waals surface area contributed by atoms with Gasteiger partial charge in [-0.3, -0.25) is 4.79 Å². The fourth-order valence-electron chi connectivity index (χ4n) is 0.954. The minimum absolute atomic E-state index is 0.0519. The summed E-state index contributed by atoms with van der Waals surface area (Å²) < 4.78 is 0. The number of carbonyl (C=O) groups is 1. The van der Waals surface area contributed by atoms with Crippen molar-refractivity contribution in [1.82, 2.24) is 0 Å². The largest absolute Gasteiger partial charge is 0.295 e. The molecule has 1 aromatic rings. The van der Waals surface area contributed by atoms with Gasteiger partial charge in [0.15, 0.2) is 5.78 Å². The summed E-state index contributed by atoms with van der Waals surface area (Å²) in [5.74, 6) is 0.0519. The van der Waals surface area contributed by atoms with E-state index in [0.717, 1.165) is 5.56 Å². The van der Waals surface area contributed by atoms with Crippen molar-refractivity contribution in [2.24, 2.45) is 0 Å². The van der Waals surface area contributed by atoms with Crippen LogP contribution in [0.3, 0.4) is 0 Å². The maximum atomic E-state index is 11.0. The number of allylic oxidation sites excluding steroid dienone is 1. The standard InChI is InChI=1S/C11H10Cl2O/c1-7(8(2)14)5-9-3-4-10(12)11(13)6-9/h3-6H,1-2H3/b7-5-. The second-order valence-electron chi connectivity index (χ2n) is 3.06. The third kappa shape index (κ3) is 2.86. The minimum Gasteiger partial charge on any atom is -0.295 e. The van der Waals surface area contributed by atoms with Crippen molar-refractivity contribution in [1.29, 1.82) is 0 Å². The maximum Gasteiger partial charge on any atom is 0.155 e. The Bertz CT molecular complexity index is 394. The molecule has 74 valence electrons. The smallest absolute Gasteiger partial charge is 0.155 e. The van der Waals surface area contributed by atoms with Crippen molar-refractivity contribution in [3.8, 4) is 0 Å². The van der Waals surface area contributed by atoms with Gasteiger partial charge in [-0.15, -0.1) is 0 Å². The highest BCUT2D eigenvalue weighted by molar-refractivity contribution is 6.42. The second kappa shape index (κ2) is 4.63. The lowest BCUT2D eigenvalue weighted by Crippen LogP contribution is -1.90. The number of hydrogen-bond donors (Lipinski definition) is 0. The monoisotopic (exact) mass is 228 g/mol. The average molecular weight is 229 g/mol. The Kier molecular flexibility index (Phi) is 3.73. The molecule has 0 saturated heterocycles. The molecule has 0 N–H and O–H groups in total. The molecule has 0 aromatic heterocycles. The molecule has 0 amide bonds. The van der Waals surface area contributed by atoms with Gasteiger partial charge < -0.3 is 0 Å². The van der Waals surface area contributed by atoms with Crippen molar-refractivity contribution < 1.29 is 4.79 Å². The number of rotatable bonds is 2. The topological polar surface area (TPSA) is 17.1 Å². The van der Waals surface area contributed by atoms with Gasteiger partial charge >= 0.3 is 0 Å². The van der Waals surface area contributed by atoms with Gasteiger partial charge in [-0.1, -0.05) is 29.3 Å². The van der Waals surface area contributed by atoms with Crippen LogP contribution in [-0.2, 0) is 4.79 Å². The van der Waals surface area contributed by atoms with Crippen molar-refractivity contribution in [3.63, 3.8) is 0 Å². The normalized spacial score (nSPS) is 11.6. The van der Waals surface area contributed by atoms with E-state index in [2.05, 4.69) is 0 Å². The SMILES string of the molecule is CC(=O)/C(C)=C\c1ccc(Cl)c(Cl)c1. The van der Waals surface area contributed by atoms with Gasteiger partial charge in [0.05, 0.1) is 10.0 Å². The first-order valence-electron chi connectivity index (χ1n) is 4.15. The van der Waals surface area contributed by atoms with Crippen LogP contribution in [0.15, 0.2) is 23.8 Å². The van der Waals surface area contributed by atoms with E-state index in [-0.39, 0.29) is 5.78 Å². The Labute approximate surface area is 93.3 Å². The van der Waals surface area contributed by atoms with Crippen LogP contribution in [0.1, 0.15) is 19.4 Å². The number of ketones is 1. The number of hydrogen-bond acceptors (Lipinski definition) is 1. The van der Waals surface area contributed by atoms with Gasteiger partial charge in [0.25, 0.3) is 0 Å². The van der Waals surface area contributed by atoms with E-state index in [9.17, 15) is 4.79 Å². The Hall–Kier alpha value is -0.790. The van der Waals surface area contributed by atoms with Crippen molar-refractivity contribution in [2.75, 3.05) is 0 Å². The van der Waals surface area contributed by atoms with Crippen LogP contribution in [0.25, 0.3) is 6.08 Å². The Morgan fingerprint density at radius 2 is 1.86 bits per heavy atom. The molecule has 3 heteroatoms. The molecule has 0 bridgehead atoms. The molecule has 0 aliphatic rings. The van der Waals surface area contributed by atoms with Gasteiger partial charge in [-0.05, 0) is 43.2 Å². The first-order valence-corrected chi connectivity index (χ1v) is 4.90. The molecule has 14 heavy (non-hydrogen) atoms. The predicted octanol–water partition coefficient (Wildman–Crippen LogP) is 3.99. The molecule has 0 aliphatic carbocycles. The average Bonchev–Trinajstić information content (AvgIpc) is 2.11. The van der Waals surface area contributed by atoms with E-state index in [1.54, 1.807) is 25.1 Å². The molecule has 1 aromatic carbocycles. The van der Waals surface area contributed by atoms with Crippen molar-refractivity contribution in [2.45, 2.75) is 13.8 Å². The first-order chi connectivity index (χ1) is 6.50. The number of benzene rings is 1. The molecule has 0 spiro atoms. The molecule has 1 nitrogen and oxygen atoms in total. The zero-order valence-corrected chi connectivity index (χ0v) is 9.49. The number of halogens is 2. The van der Waals surface area contributed by atoms with Crippen LogP contribution < -0.4 is 0 Å². The van der Waals surface area contributed by atoms with E-state index in [4.69, 9.17) is 23.2 Å². The van der Waals surface area contributed by atoms with Crippen molar-refractivity contribution in [3.05, 3.63) is 39.4 Å². The molecule has 0 saturated carbocycles. The van der Waals surface area contributed by atoms with E-state index >= 15 is 0 Å². The molecule has 0 heterocycles. The molecule has 0 unspecified atom stereocenters. The summed E-state index contributed by atoms with van der Waals surface area (Å²) >= 11 is 11.6. The van der Waals surface area contributed by atoms with Crippen LogP contribution in [0.5, 0.6) is 0 Å². The molecule has 1 rings (SSSR count). The van der Waals surface area contributed by atoms with Crippen LogP contribution in [0.2, 0.25) is 10.0 Å². The van der Waals surface area contributed by atoms with E-state index in [1.165, 1.54) is 6.92 Å². The van der Waals surface area contributed by atoms with Crippen LogP contribution in [0.4, 0.5) is 0 Å². The summed E-state index contributed by atoms with van der Waals surface area (Å²) in [5, 5.41) is 1.01. The zero-order chi connectivity index (χ0) is 10.7. The van der Waals surface area contributed by atoms with Crippen molar-refractivity contribution >= 4 is 35.1 Å². The zero-order valence-electron chi connectivity index (χ0n) is 7.97. The lowest BCUT2D eigenvalue weighted by Gasteiger charge is -1.99. The summed E-state index contributed by atoms with van der Waals surface area (Å²) in [5.41, 5.74) is 1.58. The molecule has 0 fully saturated rings. The van der Waals surface area contributed by atoms with Crippen LogP contribution >= 0.6 is 23.2 Å². The number of carbonyl (C=O) groups excluding carboxylic acids is 1. The van der Waals surface area contributed by atoms with Gasteiger partial charge in [-0.25, -0.2) is 0 Å². The molecular weight excluding hydrogens is 219 g/mol. The summed E-state index contributed by atoms with van der Waals surface area (Å²) in [6.07, 6.45) is 1.78. The van der Waals surface area contributed by atoms with Gasteiger partial charge in [0.1, 0.15) is 0 Å². The van der Waals surface area contributed by atoms with Gasteiger partial charge in [-0.2, -0.15) is 0 Å². The molecular formula is C11H10Cl2O. The first kappa shape index (κ1) is 11.3. The second-order valence-corrected chi connectivity index (χ2v) is 3.87. The third-order valence-electron chi connectivity index (χ3n) is 1.88. The lowest BCUT2D eigenvalue weighted by atomic mass is 10.1. The fraction of sp³-hybridized carbons (Fsp3) is 0.182. The van der Waals surface area contributed by atoms with Crippen LogP contribution in [-0.4, -0.2) is 5.78 Å². The van der Waals surface area contributed by atoms with Gasteiger partial charge in [0.2, 0.25) is 0 Å². The fourth-order valence-corrected chi connectivity index (χ4v) is 1.26. The Balaban J connectivity index is 3.04. The molecule has 0 atom stereocenters. The Morgan fingerprint density at radius 1 is 1.21 bits per heavy atom. The van der Waals surface area contributed by atoms with E-state index in [0.29, 0.717) is 15.6 Å². The quantitative estimate of drug-likeness (QED) is 0.701.